The molecular weight excluding hydrogens is 288 g/mol. The summed E-state index contributed by atoms with van der Waals surface area (Å²) in [4.78, 5) is 13.3. The normalized spacial score (nSPS) is 10.8. The molecule has 0 bridgehead atoms. The highest BCUT2D eigenvalue weighted by atomic mass is 32.2. The molecule has 0 atom stereocenters. The van der Waals surface area contributed by atoms with Crippen LogP contribution in [0.15, 0.2) is 58.3 Å². The Morgan fingerprint density at radius 1 is 0.850 bits per heavy atom. The highest BCUT2D eigenvalue weighted by molar-refractivity contribution is 8.18. The first-order chi connectivity index (χ1) is 9.54. The minimum atomic E-state index is -0.804. The fourth-order valence-electron chi connectivity index (χ4n) is 1.61. The van der Waals surface area contributed by atoms with Crippen LogP contribution in [0.1, 0.15) is 11.1 Å². The summed E-state index contributed by atoms with van der Waals surface area (Å²) in [5, 5.41) is 9.36. The van der Waals surface area contributed by atoms with Crippen LogP contribution in [0.5, 0.6) is 0 Å². The molecule has 0 amide bonds. The van der Waals surface area contributed by atoms with Gasteiger partial charge in [-0.3, -0.25) is 4.79 Å². The highest BCUT2D eigenvalue weighted by Gasteiger charge is 2.20. The number of carboxylic acid groups (broad SMARTS) is 1. The second-order valence-electron chi connectivity index (χ2n) is 4.53. The molecule has 0 aliphatic carbocycles. The van der Waals surface area contributed by atoms with Crippen molar-refractivity contribution in [3.05, 3.63) is 59.7 Å². The summed E-state index contributed by atoms with van der Waals surface area (Å²) in [5.74, 6) is -0.804. The Labute approximate surface area is 127 Å². The van der Waals surface area contributed by atoms with E-state index in [0.29, 0.717) is 0 Å². The van der Waals surface area contributed by atoms with Crippen LogP contribution in [0, 0.1) is 13.8 Å². The topological polar surface area (TPSA) is 37.3 Å². The van der Waals surface area contributed by atoms with Gasteiger partial charge < -0.3 is 5.11 Å². The van der Waals surface area contributed by atoms with E-state index < -0.39 is 10.6 Å². The second kappa shape index (κ2) is 6.86. The summed E-state index contributed by atoms with van der Waals surface area (Å²) < 4.78 is -0.541. The molecule has 20 heavy (non-hydrogen) atoms. The maximum atomic E-state index is 11.4. The molecule has 0 aliphatic rings. The molecule has 1 N–H and O–H groups in total. The summed E-state index contributed by atoms with van der Waals surface area (Å²) in [6, 6.07) is 15.8. The van der Waals surface area contributed by atoms with E-state index in [-0.39, 0.29) is 0 Å². The first-order valence-electron chi connectivity index (χ1n) is 6.24. The van der Waals surface area contributed by atoms with Crippen molar-refractivity contribution in [2.24, 2.45) is 0 Å². The minimum Gasteiger partial charge on any atom is -0.480 e. The molecule has 0 heterocycles. The van der Waals surface area contributed by atoms with Crippen LogP contribution in [-0.4, -0.2) is 15.7 Å². The van der Waals surface area contributed by atoms with Gasteiger partial charge in [0.15, 0.2) is 4.58 Å². The number of thioether (sulfide) groups is 2. The fraction of sp³-hybridized carbons (Fsp3) is 0.188. The van der Waals surface area contributed by atoms with Crippen molar-refractivity contribution in [2.75, 3.05) is 0 Å². The summed E-state index contributed by atoms with van der Waals surface area (Å²) in [6.07, 6.45) is 0. The van der Waals surface area contributed by atoms with Crippen LogP contribution < -0.4 is 0 Å². The van der Waals surface area contributed by atoms with Gasteiger partial charge in [-0.25, -0.2) is 0 Å². The number of aliphatic carboxylic acids is 1. The monoisotopic (exact) mass is 304 g/mol. The lowest BCUT2D eigenvalue weighted by molar-refractivity contribution is -0.134. The minimum absolute atomic E-state index is 0.541. The van der Waals surface area contributed by atoms with E-state index in [0.717, 1.165) is 9.79 Å². The summed E-state index contributed by atoms with van der Waals surface area (Å²) in [7, 11) is 0. The van der Waals surface area contributed by atoms with Crippen LogP contribution >= 0.6 is 23.5 Å². The third-order valence-electron chi connectivity index (χ3n) is 2.73. The van der Waals surface area contributed by atoms with Crippen molar-refractivity contribution in [3.8, 4) is 0 Å². The van der Waals surface area contributed by atoms with E-state index in [9.17, 15) is 9.90 Å². The molecule has 0 aliphatic heterocycles. The molecule has 0 saturated heterocycles. The van der Waals surface area contributed by atoms with Gasteiger partial charge >= 0.3 is 5.97 Å². The number of rotatable bonds is 5. The predicted octanol–water partition coefficient (Wildman–Crippen LogP) is 4.60. The van der Waals surface area contributed by atoms with E-state index >= 15 is 0 Å². The van der Waals surface area contributed by atoms with Crippen molar-refractivity contribution < 1.29 is 9.90 Å². The van der Waals surface area contributed by atoms with E-state index in [1.54, 1.807) is 0 Å². The number of hydrogen-bond donors (Lipinski definition) is 1. The molecule has 0 aromatic heterocycles. The van der Waals surface area contributed by atoms with Gasteiger partial charge in [-0.05, 0) is 38.1 Å². The lowest BCUT2D eigenvalue weighted by Crippen LogP contribution is -2.11. The number of carbonyl (C=O) groups is 1. The van der Waals surface area contributed by atoms with Gasteiger partial charge in [-0.15, -0.1) is 0 Å². The van der Waals surface area contributed by atoms with Crippen LogP contribution in [0.4, 0.5) is 0 Å². The highest BCUT2D eigenvalue weighted by Crippen LogP contribution is 2.35. The second-order valence-corrected chi connectivity index (χ2v) is 7.19. The van der Waals surface area contributed by atoms with Gasteiger partial charge in [0.2, 0.25) is 0 Å². The third kappa shape index (κ3) is 4.32. The molecule has 0 radical (unpaired) electrons. The van der Waals surface area contributed by atoms with Crippen LogP contribution in [-0.2, 0) is 4.79 Å². The number of carboxylic acids is 1. The molecule has 0 unspecified atom stereocenters. The quantitative estimate of drug-likeness (QED) is 0.647. The lowest BCUT2D eigenvalue weighted by atomic mass is 10.2. The van der Waals surface area contributed by atoms with Crippen molar-refractivity contribution in [2.45, 2.75) is 28.2 Å². The van der Waals surface area contributed by atoms with Crippen molar-refractivity contribution >= 4 is 29.5 Å². The van der Waals surface area contributed by atoms with Gasteiger partial charge in [-0.1, -0.05) is 58.9 Å². The first kappa shape index (κ1) is 15.0. The number of hydrogen-bond acceptors (Lipinski definition) is 3. The molecule has 4 heteroatoms. The van der Waals surface area contributed by atoms with E-state index in [1.807, 2.05) is 62.4 Å². The van der Waals surface area contributed by atoms with E-state index in [4.69, 9.17) is 0 Å². The number of benzene rings is 2. The summed E-state index contributed by atoms with van der Waals surface area (Å²) >= 11 is 2.74. The van der Waals surface area contributed by atoms with Gasteiger partial charge in [0, 0.05) is 9.79 Å². The largest absolute Gasteiger partial charge is 0.480 e. The molecule has 104 valence electrons. The molecule has 0 saturated carbocycles. The molecular formula is C16H16O2S2. The first-order valence-corrected chi connectivity index (χ1v) is 8.00. The molecule has 2 aromatic carbocycles. The number of aryl methyl sites for hydroxylation is 2. The molecule has 0 spiro atoms. The smallest absolute Gasteiger partial charge is 0.327 e. The molecule has 0 fully saturated rings. The standard InChI is InChI=1S/C16H16O2S2/c1-11-3-7-13(8-4-11)19-16(15(17)18)20-14-9-5-12(2)6-10-14/h3-10,16H,1-2H3,(H,17,18). The fourth-order valence-corrected chi connectivity index (χ4v) is 3.75. The Bertz CT molecular complexity index is 529. The lowest BCUT2D eigenvalue weighted by Gasteiger charge is -2.12. The van der Waals surface area contributed by atoms with Crippen molar-refractivity contribution in [1.82, 2.24) is 0 Å². The van der Waals surface area contributed by atoms with Gasteiger partial charge in [-0.2, -0.15) is 0 Å². The van der Waals surface area contributed by atoms with Crippen LogP contribution in [0.2, 0.25) is 0 Å². The Balaban J connectivity index is 2.09. The zero-order chi connectivity index (χ0) is 14.5. The zero-order valence-electron chi connectivity index (χ0n) is 11.4. The molecule has 2 rings (SSSR count). The van der Waals surface area contributed by atoms with E-state index in [2.05, 4.69) is 0 Å². The average Bonchev–Trinajstić information content (AvgIpc) is 2.42. The average molecular weight is 304 g/mol. The maximum Gasteiger partial charge on any atom is 0.327 e. The van der Waals surface area contributed by atoms with Crippen molar-refractivity contribution in [1.29, 1.82) is 0 Å². The van der Waals surface area contributed by atoms with Crippen LogP contribution in [0.25, 0.3) is 0 Å². The Kier molecular flexibility index (Phi) is 5.15. The summed E-state index contributed by atoms with van der Waals surface area (Å²) in [6.45, 7) is 4.04. The Hall–Kier alpha value is -1.39. The van der Waals surface area contributed by atoms with Gasteiger partial charge in [0.05, 0.1) is 0 Å². The Morgan fingerprint density at radius 3 is 1.50 bits per heavy atom. The zero-order valence-corrected chi connectivity index (χ0v) is 13.0. The van der Waals surface area contributed by atoms with E-state index in [1.165, 1.54) is 34.7 Å². The van der Waals surface area contributed by atoms with Gasteiger partial charge in [0.25, 0.3) is 0 Å². The maximum absolute atomic E-state index is 11.4. The van der Waals surface area contributed by atoms with Crippen molar-refractivity contribution in [3.63, 3.8) is 0 Å². The SMILES string of the molecule is Cc1ccc(SC(Sc2ccc(C)cc2)C(=O)O)cc1. The summed E-state index contributed by atoms with van der Waals surface area (Å²) in [5.41, 5.74) is 2.35. The third-order valence-corrected chi connectivity index (χ3v) is 5.23. The Morgan fingerprint density at radius 2 is 1.20 bits per heavy atom. The predicted molar refractivity (Wildman–Crippen MR) is 85.5 cm³/mol. The molecule has 2 nitrogen and oxygen atoms in total. The van der Waals surface area contributed by atoms with Crippen LogP contribution in [0.3, 0.4) is 0 Å². The van der Waals surface area contributed by atoms with Gasteiger partial charge in [0.1, 0.15) is 0 Å². The molecule has 2 aromatic rings.